The largest absolute Gasteiger partial charge is 0.460 e. The zero-order chi connectivity index (χ0) is 29.3. The van der Waals surface area contributed by atoms with Crippen molar-refractivity contribution in [3.8, 4) is 0 Å². The van der Waals surface area contributed by atoms with E-state index in [0.29, 0.717) is 32.1 Å². The lowest BCUT2D eigenvalue weighted by atomic mass is 9.46. The van der Waals surface area contributed by atoms with Crippen LogP contribution in [0.1, 0.15) is 46.0 Å². The van der Waals surface area contributed by atoms with Crippen LogP contribution in [0.3, 0.4) is 0 Å². The van der Waals surface area contributed by atoms with Crippen LogP contribution in [0.2, 0.25) is 0 Å². The Morgan fingerprint density at radius 2 is 1.79 bits per heavy atom. The summed E-state index contributed by atoms with van der Waals surface area (Å²) in [6.07, 6.45) is -8.03. The molecule has 0 radical (unpaired) electrons. The quantitative estimate of drug-likeness (QED) is 0.0857. The van der Waals surface area contributed by atoms with Crippen molar-refractivity contribution in [3.05, 3.63) is 23.8 Å². The van der Waals surface area contributed by atoms with E-state index in [1.807, 2.05) is 0 Å². The average molecular weight is 559 g/mol. The molecule has 0 aromatic rings. The first kappa shape index (κ1) is 31.6. The molecule has 1 aliphatic heterocycles. The maximum Gasteiger partial charge on any atom is 0.338 e. The molecule has 1 saturated heterocycles. The van der Waals surface area contributed by atoms with Gasteiger partial charge in [0.05, 0.1) is 18.8 Å². The maximum atomic E-state index is 12.8. The molecule has 12 nitrogen and oxygen atoms in total. The molecule has 39 heavy (non-hydrogen) atoms. The standard InChI is InChI=1S/C27H42O12/c1-13-4-7-18-26(2,15(13)6-5-14-17(31)11-38-24(14)36)9-8-19(27(18,3)12-29)39-25(37)23(35)22(34)21(33)20(32)16(30)10-28/h5,15-23,28-35H,1,4,6-12H2,2-3H3/b14-5-/t15-,16+,17?,18?,19-,20-,21-,22+,23+,26+,27+/m1/s1. The van der Waals surface area contributed by atoms with Crippen LogP contribution in [0.15, 0.2) is 23.8 Å². The van der Waals surface area contributed by atoms with Gasteiger partial charge in [-0.1, -0.05) is 32.1 Å². The van der Waals surface area contributed by atoms with Crippen LogP contribution < -0.4 is 0 Å². The van der Waals surface area contributed by atoms with Crippen LogP contribution in [-0.4, -0.2) is 115 Å². The molecule has 0 aromatic carbocycles. The van der Waals surface area contributed by atoms with Crippen LogP contribution in [-0.2, 0) is 19.1 Å². The highest BCUT2D eigenvalue weighted by molar-refractivity contribution is 5.91. The normalized spacial score (nSPS) is 37.9. The van der Waals surface area contributed by atoms with Crippen LogP contribution >= 0.6 is 0 Å². The molecular weight excluding hydrogens is 516 g/mol. The topological polar surface area (TPSA) is 214 Å². The Morgan fingerprint density at radius 3 is 2.36 bits per heavy atom. The number of hydrogen-bond donors (Lipinski definition) is 8. The van der Waals surface area contributed by atoms with Crippen LogP contribution in [0.5, 0.6) is 0 Å². The number of allylic oxidation sites excluding steroid dienone is 2. The molecule has 12 heteroatoms. The van der Waals surface area contributed by atoms with Crippen molar-refractivity contribution in [2.75, 3.05) is 19.8 Å². The summed E-state index contributed by atoms with van der Waals surface area (Å²) >= 11 is 0. The molecule has 3 fully saturated rings. The van der Waals surface area contributed by atoms with Gasteiger partial charge >= 0.3 is 11.9 Å². The van der Waals surface area contributed by atoms with Crippen molar-refractivity contribution < 1.29 is 59.9 Å². The molecule has 3 rings (SSSR count). The molecule has 1 heterocycles. The Morgan fingerprint density at radius 1 is 1.13 bits per heavy atom. The van der Waals surface area contributed by atoms with E-state index in [-0.39, 0.29) is 30.6 Å². The summed E-state index contributed by atoms with van der Waals surface area (Å²) in [5, 5.41) is 79.4. The summed E-state index contributed by atoms with van der Waals surface area (Å²) in [4.78, 5) is 24.8. The molecule has 2 unspecified atom stereocenters. The van der Waals surface area contributed by atoms with E-state index in [1.54, 1.807) is 13.0 Å². The molecule has 3 aliphatic rings. The Hall–Kier alpha value is -1.90. The number of aliphatic hydroxyl groups excluding tert-OH is 8. The molecular formula is C27H42O12. The number of fused-ring (bicyclic) bond motifs is 1. The second-order valence-corrected chi connectivity index (χ2v) is 11.6. The van der Waals surface area contributed by atoms with Gasteiger partial charge in [-0.3, -0.25) is 0 Å². The van der Waals surface area contributed by atoms with Gasteiger partial charge in [0.15, 0.2) is 6.10 Å². The number of carbonyl (C=O) groups is 2. The lowest BCUT2D eigenvalue weighted by Crippen LogP contribution is -2.59. The first-order chi connectivity index (χ1) is 18.2. The third kappa shape index (κ3) is 5.94. The van der Waals surface area contributed by atoms with Crippen molar-refractivity contribution in [3.63, 3.8) is 0 Å². The van der Waals surface area contributed by atoms with Gasteiger partial charge in [0.25, 0.3) is 0 Å². The van der Waals surface area contributed by atoms with E-state index in [1.165, 1.54) is 0 Å². The van der Waals surface area contributed by atoms with Gasteiger partial charge in [-0.2, -0.15) is 0 Å². The first-order valence-corrected chi connectivity index (χ1v) is 13.3. The smallest absolute Gasteiger partial charge is 0.338 e. The molecule has 0 bridgehead atoms. The van der Waals surface area contributed by atoms with Crippen LogP contribution in [0, 0.1) is 22.7 Å². The Kier molecular flexibility index (Phi) is 9.98. The summed E-state index contributed by atoms with van der Waals surface area (Å²) < 4.78 is 10.5. The Bertz CT molecular complexity index is 951. The van der Waals surface area contributed by atoms with E-state index in [2.05, 4.69) is 13.5 Å². The fourth-order valence-corrected chi connectivity index (χ4v) is 6.81. The van der Waals surface area contributed by atoms with E-state index in [9.17, 15) is 45.3 Å². The summed E-state index contributed by atoms with van der Waals surface area (Å²) in [5.74, 6) is -2.07. The summed E-state index contributed by atoms with van der Waals surface area (Å²) in [5.41, 5.74) is -0.152. The minimum Gasteiger partial charge on any atom is -0.460 e. The van der Waals surface area contributed by atoms with Gasteiger partial charge in [-0.05, 0) is 49.4 Å². The number of cyclic esters (lactones) is 1. The fourth-order valence-electron chi connectivity index (χ4n) is 6.81. The van der Waals surface area contributed by atoms with Gasteiger partial charge in [0.2, 0.25) is 0 Å². The van der Waals surface area contributed by atoms with Crippen molar-refractivity contribution in [1.29, 1.82) is 0 Å². The second-order valence-electron chi connectivity index (χ2n) is 11.6. The number of ether oxygens (including phenoxy) is 2. The highest BCUT2D eigenvalue weighted by atomic mass is 16.6. The summed E-state index contributed by atoms with van der Waals surface area (Å²) in [6, 6.07) is 0. The third-order valence-corrected chi connectivity index (χ3v) is 9.30. The lowest BCUT2D eigenvalue weighted by molar-refractivity contribution is -0.203. The minimum absolute atomic E-state index is 0.0790. The number of aliphatic hydroxyl groups is 8. The molecule has 8 N–H and O–H groups in total. The molecule has 11 atom stereocenters. The van der Waals surface area contributed by atoms with E-state index >= 15 is 0 Å². The minimum atomic E-state index is -2.26. The number of carbonyl (C=O) groups excluding carboxylic acids is 2. The maximum absolute atomic E-state index is 12.8. The van der Waals surface area contributed by atoms with Gasteiger partial charge < -0.3 is 50.3 Å². The van der Waals surface area contributed by atoms with E-state index < -0.39 is 72.1 Å². The van der Waals surface area contributed by atoms with Crippen LogP contribution in [0.4, 0.5) is 0 Å². The molecule has 222 valence electrons. The van der Waals surface area contributed by atoms with Gasteiger partial charge in [0, 0.05) is 5.41 Å². The zero-order valence-electron chi connectivity index (χ0n) is 22.3. The molecule has 0 amide bonds. The molecule has 2 saturated carbocycles. The van der Waals surface area contributed by atoms with Gasteiger partial charge in [-0.25, -0.2) is 9.59 Å². The molecule has 2 aliphatic carbocycles. The monoisotopic (exact) mass is 558 g/mol. The Balaban J connectivity index is 1.77. The van der Waals surface area contributed by atoms with Crippen LogP contribution in [0.25, 0.3) is 0 Å². The lowest BCUT2D eigenvalue weighted by Gasteiger charge is -2.60. The second kappa shape index (κ2) is 12.3. The Labute approximate surface area is 227 Å². The predicted molar refractivity (Wildman–Crippen MR) is 135 cm³/mol. The summed E-state index contributed by atoms with van der Waals surface area (Å²) in [6.45, 7) is 6.77. The third-order valence-electron chi connectivity index (χ3n) is 9.30. The highest BCUT2D eigenvalue weighted by Gasteiger charge is 2.59. The highest BCUT2D eigenvalue weighted by Crippen LogP contribution is 2.62. The van der Waals surface area contributed by atoms with Gasteiger partial charge in [0.1, 0.15) is 43.2 Å². The predicted octanol–water partition coefficient (Wildman–Crippen LogP) is -1.69. The number of hydrogen-bond acceptors (Lipinski definition) is 12. The zero-order valence-corrected chi connectivity index (χ0v) is 22.3. The number of rotatable bonds is 10. The number of esters is 2. The average Bonchev–Trinajstić information content (AvgIpc) is 3.24. The van der Waals surface area contributed by atoms with Crippen molar-refractivity contribution in [2.45, 2.75) is 88.7 Å². The molecule has 0 spiro atoms. The van der Waals surface area contributed by atoms with E-state index in [0.717, 1.165) is 5.57 Å². The molecule has 0 aromatic heterocycles. The van der Waals surface area contributed by atoms with Crippen molar-refractivity contribution >= 4 is 11.9 Å². The van der Waals surface area contributed by atoms with E-state index in [4.69, 9.17) is 14.6 Å². The SMILES string of the molecule is C=C1CCC2[C@](C)(CO)[C@H](OC(=O)[C@@H](O)[C@@H](O)[C@H](O)[C@H](O)[C@@H](O)CO)CC[C@@]2(C)[C@@H]1C/C=C1\C(=O)OCC1O. The van der Waals surface area contributed by atoms with Crippen molar-refractivity contribution in [1.82, 2.24) is 0 Å². The summed E-state index contributed by atoms with van der Waals surface area (Å²) in [7, 11) is 0. The van der Waals surface area contributed by atoms with Crippen molar-refractivity contribution in [2.24, 2.45) is 22.7 Å². The van der Waals surface area contributed by atoms with Gasteiger partial charge in [-0.15, -0.1) is 0 Å². The fraction of sp³-hybridized carbons (Fsp3) is 0.778. The first-order valence-electron chi connectivity index (χ1n) is 13.3.